The zero-order valence-corrected chi connectivity index (χ0v) is 19.2. The van der Waals surface area contributed by atoms with Crippen molar-refractivity contribution in [2.45, 2.75) is 52.2 Å². The van der Waals surface area contributed by atoms with Crippen LogP contribution >= 0.6 is 0 Å². The summed E-state index contributed by atoms with van der Waals surface area (Å²) in [5.74, 6) is 2.71. The number of ether oxygens (including phenoxy) is 3. The van der Waals surface area contributed by atoms with E-state index in [0.717, 1.165) is 35.1 Å². The highest BCUT2D eigenvalue weighted by Crippen LogP contribution is 2.70. The summed E-state index contributed by atoms with van der Waals surface area (Å²) in [6.45, 7) is 7.02. The number of fused-ring (bicyclic) bond motifs is 2. The number of carbonyl (C=O) groups excluding carboxylic acids is 1. The molecule has 2 aromatic rings. The van der Waals surface area contributed by atoms with Gasteiger partial charge in [0.25, 0.3) is 0 Å². The molecule has 3 fully saturated rings. The van der Waals surface area contributed by atoms with Crippen molar-refractivity contribution in [2.75, 3.05) is 20.8 Å². The van der Waals surface area contributed by atoms with Gasteiger partial charge < -0.3 is 19.5 Å². The summed E-state index contributed by atoms with van der Waals surface area (Å²) in [5, 5.41) is 5.48. The van der Waals surface area contributed by atoms with Gasteiger partial charge in [-0.15, -0.1) is 0 Å². The van der Waals surface area contributed by atoms with Crippen molar-refractivity contribution in [3.8, 4) is 11.5 Å². The Morgan fingerprint density at radius 1 is 1.13 bits per heavy atom. The molecule has 5 heteroatoms. The van der Waals surface area contributed by atoms with E-state index in [9.17, 15) is 4.79 Å². The number of benzene rings is 2. The number of methoxy groups -OCH3 is 2. The molecule has 166 valence electrons. The third-order valence-electron chi connectivity index (χ3n) is 8.59. The van der Waals surface area contributed by atoms with Gasteiger partial charge >= 0.3 is 0 Å². The zero-order valence-electron chi connectivity index (χ0n) is 19.2. The summed E-state index contributed by atoms with van der Waals surface area (Å²) in [5.41, 5.74) is 1.35. The molecular weight excluding hydrogens is 390 g/mol. The molecule has 2 bridgehead atoms. The third-order valence-corrected chi connectivity index (χ3v) is 8.59. The van der Waals surface area contributed by atoms with Crippen molar-refractivity contribution in [1.82, 2.24) is 5.32 Å². The fraction of sp³-hybridized carbons (Fsp3) is 0.577. The molecule has 0 unspecified atom stereocenters. The van der Waals surface area contributed by atoms with Crippen LogP contribution in [0.1, 0.15) is 51.7 Å². The van der Waals surface area contributed by atoms with Gasteiger partial charge in [-0.3, -0.25) is 4.79 Å². The summed E-state index contributed by atoms with van der Waals surface area (Å²) in [6, 6.07) is 10.5. The maximum atomic E-state index is 12.1. The Balaban J connectivity index is 1.64. The van der Waals surface area contributed by atoms with Gasteiger partial charge in [-0.25, -0.2) is 0 Å². The lowest BCUT2D eigenvalue weighted by atomic mass is 9.58. The molecule has 1 aliphatic heterocycles. The van der Waals surface area contributed by atoms with Crippen molar-refractivity contribution in [2.24, 2.45) is 22.7 Å². The molecule has 5 rings (SSSR count). The lowest BCUT2D eigenvalue weighted by Gasteiger charge is -2.53. The SMILES string of the molecule is COc1ccc([C@H]2OCC[C@@]34C[C@@H](C[C@H]23)C(C)(C)[C@@H]4NC(C)=O)c2c(OC)cccc12. The van der Waals surface area contributed by atoms with E-state index in [1.54, 1.807) is 21.1 Å². The maximum absolute atomic E-state index is 12.1. The molecule has 0 radical (unpaired) electrons. The first-order valence-electron chi connectivity index (χ1n) is 11.4. The lowest BCUT2D eigenvalue weighted by Crippen LogP contribution is -2.58. The van der Waals surface area contributed by atoms with E-state index in [-0.39, 0.29) is 28.9 Å². The zero-order chi connectivity index (χ0) is 22.0. The Bertz CT molecular complexity index is 1030. The van der Waals surface area contributed by atoms with Crippen LogP contribution in [-0.4, -0.2) is 32.8 Å². The van der Waals surface area contributed by atoms with E-state index in [1.807, 2.05) is 18.2 Å². The summed E-state index contributed by atoms with van der Waals surface area (Å²) in [6.07, 6.45) is 3.29. The van der Waals surface area contributed by atoms with Gasteiger partial charge in [0, 0.05) is 30.3 Å². The number of amides is 1. The van der Waals surface area contributed by atoms with Crippen molar-refractivity contribution in [3.63, 3.8) is 0 Å². The van der Waals surface area contributed by atoms with E-state index in [4.69, 9.17) is 14.2 Å². The van der Waals surface area contributed by atoms with E-state index >= 15 is 0 Å². The largest absolute Gasteiger partial charge is 0.496 e. The molecule has 1 saturated heterocycles. The van der Waals surface area contributed by atoms with E-state index in [0.29, 0.717) is 18.4 Å². The second kappa shape index (κ2) is 7.13. The van der Waals surface area contributed by atoms with Crippen LogP contribution in [0.25, 0.3) is 10.8 Å². The molecule has 2 aliphatic carbocycles. The van der Waals surface area contributed by atoms with Gasteiger partial charge in [-0.1, -0.05) is 32.0 Å². The number of nitrogens with one attached hydrogen (secondary N) is 1. The van der Waals surface area contributed by atoms with E-state index < -0.39 is 0 Å². The Labute approximate surface area is 184 Å². The highest BCUT2D eigenvalue weighted by molar-refractivity contribution is 5.96. The second-order valence-electron chi connectivity index (χ2n) is 10.2. The Morgan fingerprint density at radius 3 is 2.61 bits per heavy atom. The Kier molecular flexibility index (Phi) is 4.74. The van der Waals surface area contributed by atoms with Gasteiger partial charge in [0.05, 0.1) is 20.3 Å². The quantitative estimate of drug-likeness (QED) is 0.762. The second-order valence-corrected chi connectivity index (χ2v) is 10.2. The predicted molar refractivity (Wildman–Crippen MR) is 120 cm³/mol. The summed E-state index contributed by atoms with van der Waals surface area (Å²) < 4.78 is 17.9. The third kappa shape index (κ3) is 2.82. The molecule has 1 N–H and O–H groups in total. The van der Waals surface area contributed by atoms with Crippen LogP contribution in [0.2, 0.25) is 0 Å². The number of carbonyl (C=O) groups is 1. The van der Waals surface area contributed by atoms with E-state index in [2.05, 4.69) is 31.3 Å². The van der Waals surface area contributed by atoms with Crippen LogP contribution in [0.4, 0.5) is 0 Å². The van der Waals surface area contributed by atoms with Gasteiger partial charge in [-0.05, 0) is 59.6 Å². The summed E-state index contributed by atoms with van der Waals surface area (Å²) >= 11 is 0. The van der Waals surface area contributed by atoms with E-state index in [1.165, 1.54) is 12.0 Å². The molecule has 1 amide bonds. The predicted octanol–water partition coefficient (Wildman–Crippen LogP) is 4.88. The van der Waals surface area contributed by atoms with Crippen LogP contribution in [-0.2, 0) is 9.53 Å². The first-order chi connectivity index (χ1) is 14.8. The molecule has 5 atom stereocenters. The Morgan fingerprint density at radius 2 is 1.90 bits per heavy atom. The molecular formula is C26H33NO4. The van der Waals surface area contributed by atoms with Gasteiger partial charge in [0.2, 0.25) is 5.91 Å². The van der Waals surface area contributed by atoms with Crippen molar-refractivity contribution in [3.05, 3.63) is 35.9 Å². The minimum Gasteiger partial charge on any atom is -0.496 e. The molecule has 31 heavy (non-hydrogen) atoms. The minimum atomic E-state index is -0.0178. The van der Waals surface area contributed by atoms with Crippen LogP contribution in [0.5, 0.6) is 11.5 Å². The van der Waals surface area contributed by atoms with Crippen molar-refractivity contribution < 1.29 is 19.0 Å². The normalized spacial score (nSPS) is 33.2. The molecule has 1 heterocycles. The Hall–Kier alpha value is -2.27. The number of hydrogen-bond acceptors (Lipinski definition) is 4. The molecule has 3 aliphatic rings. The smallest absolute Gasteiger partial charge is 0.217 e. The van der Waals surface area contributed by atoms with Crippen LogP contribution in [0.3, 0.4) is 0 Å². The molecule has 5 nitrogen and oxygen atoms in total. The lowest BCUT2D eigenvalue weighted by molar-refractivity contribution is -0.135. The van der Waals surface area contributed by atoms with Gasteiger partial charge in [0.1, 0.15) is 11.5 Å². The molecule has 2 aromatic carbocycles. The highest BCUT2D eigenvalue weighted by atomic mass is 16.5. The molecule has 1 spiro atoms. The van der Waals surface area contributed by atoms with Crippen LogP contribution in [0.15, 0.2) is 30.3 Å². The minimum absolute atomic E-state index is 0.0178. The fourth-order valence-electron chi connectivity index (χ4n) is 7.26. The average Bonchev–Trinajstić information content (AvgIpc) is 3.25. The first kappa shape index (κ1) is 20.6. The van der Waals surface area contributed by atoms with Crippen molar-refractivity contribution >= 4 is 16.7 Å². The number of rotatable bonds is 4. The van der Waals surface area contributed by atoms with Gasteiger partial charge in [-0.2, -0.15) is 0 Å². The summed E-state index contributed by atoms with van der Waals surface area (Å²) in [4.78, 5) is 12.1. The standard InChI is InChI=1S/C26H33NO4/c1-15(28)27-24-25(2,3)16-13-19-23(31-12-11-26(19,24)14-16)18-9-10-20(29-4)17-7-6-8-21(30-5)22(17)18/h6-10,16,19,23-24H,11-14H2,1-5H3,(H,27,28)/t16-,19-,23-,24+,26-/m1/s1. The fourth-order valence-corrected chi connectivity index (χ4v) is 7.26. The maximum Gasteiger partial charge on any atom is 0.217 e. The topological polar surface area (TPSA) is 56.8 Å². The molecule has 0 aromatic heterocycles. The first-order valence-corrected chi connectivity index (χ1v) is 11.4. The summed E-state index contributed by atoms with van der Waals surface area (Å²) in [7, 11) is 3.42. The van der Waals surface area contributed by atoms with Crippen LogP contribution < -0.4 is 14.8 Å². The highest BCUT2D eigenvalue weighted by Gasteiger charge is 2.68. The van der Waals surface area contributed by atoms with Gasteiger partial charge in [0.15, 0.2) is 0 Å². The monoisotopic (exact) mass is 423 g/mol. The number of hydrogen-bond donors (Lipinski definition) is 1. The van der Waals surface area contributed by atoms with Crippen LogP contribution in [0, 0.1) is 22.7 Å². The van der Waals surface area contributed by atoms with Crippen molar-refractivity contribution in [1.29, 1.82) is 0 Å². The average molecular weight is 424 g/mol. The molecule has 2 saturated carbocycles.